The third-order valence-corrected chi connectivity index (χ3v) is 11.4. The van der Waals surface area contributed by atoms with Crippen LogP contribution in [0.4, 0.5) is 4.39 Å². The maximum absolute atomic E-state index is 15.0. The number of carboxylic acids is 1. The number of halogens is 2. The van der Waals surface area contributed by atoms with Crippen LogP contribution in [0.5, 0.6) is 23.1 Å². The molecule has 0 bridgehead atoms. The highest BCUT2D eigenvalue weighted by Gasteiger charge is 2.27. The van der Waals surface area contributed by atoms with Crippen LogP contribution in [0.2, 0.25) is 5.02 Å². The Bertz CT molecular complexity index is 2920. The molecule has 8 aromatic rings. The van der Waals surface area contributed by atoms with Gasteiger partial charge in [0.05, 0.1) is 23.4 Å². The van der Waals surface area contributed by atoms with Crippen molar-refractivity contribution in [2.45, 2.75) is 19.1 Å². The summed E-state index contributed by atoms with van der Waals surface area (Å²) in [5, 5.41) is 19.4. The Labute approximate surface area is 354 Å². The molecule has 61 heavy (non-hydrogen) atoms. The Morgan fingerprint density at radius 3 is 2.48 bits per heavy atom. The molecule has 0 unspecified atom stereocenters. The van der Waals surface area contributed by atoms with Crippen LogP contribution in [-0.2, 0) is 17.8 Å². The van der Waals surface area contributed by atoms with Gasteiger partial charge in [0, 0.05) is 67.7 Å². The number of aromatic nitrogens is 5. The molecule has 0 aliphatic carbocycles. The molecule has 0 spiro atoms. The summed E-state index contributed by atoms with van der Waals surface area (Å²) in [5.41, 5.74) is 2.39. The molecule has 0 amide bonds. The third-order valence-electron chi connectivity index (χ3n) is 11.1. The predicted molar refractivity (Wildman–Crippen MR) is 230 cm³/mol. The number of aliphatic carboxylic acids is 1. The lowest BCUT2D eigenvalue weighted by Gasteiger charge is -2.32. The summed E-state index contributed by atoms with van der Waals surface area (Å²) in [6, 6.07) is 24.7. The summed E-state index contributed by atoms with van der Waals surface area (Å²) < 4.78 is 40.9. The minimum atomic E-state index is -1.38. The van der Waals surface area contributed by atoms with Crippen LogP contribution in [0, 0.1) is 5.82 Å². The summed E-state index contributed by atoms with van der Waals surface area (Å²) in [4.78, 5) is 31.2. The van der Waals surface area contributed by atoms with Gasteiger partial charge in [-0.2, -0.15) is 10.1 Å². The molecule has 0 radical (unpaired) electrons. The zero-order chi connectivity index (χ0) is 42.0. The van der Waals surface area contributed by atoms with E-state index in [-0.39, 0.29) is 18.9 Å². The van der Waals surface area contributed by atoms with Crippen molar-refractivity contribution in [1.29, 1.82) is 0 Å². The number of hydrogen-bond acceptors (Lipinski definition) is 11. The number of methoxy groups -OCH3 is 1. The maximum Gasteiger partial charge on any atom is 0.345 e. The van der Waals surface area contributed by atoms with E-state index in [2.05, 4.69) is 36.9 Å². The van der Waals surface area contributed by atoms with Gasteiger partial charge in [-0.15, -0.1) is 0 Å². The van der Waals surface area contributed by atoms with Gasteiger partial charge in [0.15, 0.2) is 5.82 Å². The monoisotopic (exact) mass is 841 g/mol. The number of nitrogens with zero attached hydrogens (tertiary/aromatic N) is 7. The summed E-state index contributed by atoms with van der Waals surface area (Å²) in [7, 11) is 3.71. The largest absolute Gasteiger partial charge is 0.496 e. The lowest BCUT2D eigenvalue weighted by molar-refractivity contribution is -0.145. The summed E-state index contributed by atoms with van der Waals surface area (Å²) in [5.74, 6) is 0.512. The van der Waals surface area contributed by atoms with E-state index in [0.717, 1.165) is 49.1 Å². The average Bonchev–Trinajstić information content (AvgIpc) is 3.68. The van der Waals surface area contributed by atoms with Crippen LogP contribution in [-0.4, -0.2) is 105 Å². The van der Waals surface area contributed by atoms with Gasteiger partial charge >= 0.3 is 5.97 Å². The van der Waals surface area contributed by atoms with Crippen molar-refractivity contribution in [2.75, 3.05) is 53.5 Å². The number of benzene rings is 5. The highest BCUT2D eigenvalue weighted by molar-refractivity contribution is 6.42. The van der Waals surface area contributed by atoms with Gasteiger partial charge in [-0.3, -0.25) is 4.90 Å². The lowest BCUT2D eigenvalue weighted by Crippen LogP contribution is -2.45. The second kappa shape index (κ2) is 17.2. The predicted octanol–water partition coefficient (Wildman–Crippen LogP) is 7.73. The number of fused-ring (bicyclic) bond motifs is 8. The quantitative estimate of drug-likeness (QED) is 0.107. The van der Waals surface area contributed by atoms with Crippen molar-refractivity contribution < 1.29 is 33.2 Å². The fraction of sp³-hybridized carbons (Fsp3) is 0.239. The molecule has 1 atom stereocenters. The maximum atomic E-state index is 15.0. The third kappa shape index (κ3) is 8.04. The van der Waals surface area contributed by atoms with Crippen molar-refractivity contribution in [2.24, 2.45) is 0 Å². The van der Waals surface area contributed by atoms with Crippen LogP contribution in [0.15, 0.2) is 104 Å². The van der Waals surface area contributed by atoms with Crippen LogP contribution in [0.1, 0.15) is 11.3 Å². The molecular formula is C46H41ClFN7O6. The van der Waals surface area contributed by atoms with E-state index >= 15 is 0 Å². The molecule has 5 aromatic carbocycles. The smallest absolute Gasteiger partial charge is 0.345 e. The first-order valence-corrected chi connectivity index (χ1v) is 20.2. The second-order valence-electron chi connectivity index (χ2n) is 14.9. The second-order valence-corrected chi connectivity index (χ2v) is 15.3. The minimum Gasteiger partial charge on any atom is -0.496 e. The van der Waals surface area contributed by atoms with Gasteiger partial charge in [0.25, 0.3) is 0 Å². The molecule has 1 saturated heterocycles. The molecule has 1 aliphatic rings. The molecule has 15 heteroatoms. The van der Waals surface area contributed by atoms with Gasteiger partial charge in [-0.05, 0) is 77.3 Å². The zero-order valence-electron chi connectivity index (χ0n) is 33.4. The Morgan fingerprint density at radius 1 is 0.869 bits per heavy atom. The first kappa shape index (κ1) is 39.8. The Hall–Kier alpha value is -6.61. The van der Waals surface area contributed by atoms with Gasteiger partial charge < -0.3 is 29.0 Å². The van der Waals surface area contributed by atoms with Crippen molar-refractivity contribution in [3.8, 4) is 34.5 Å². The summed E-state index contributed by atoms with van der Waals surface area (Å²) in [6.07, 6.45) is 3.33. The number of piperazine rings is 1. The molecule has 13 nitrogen and oxygen atoms in total. The summed E-state index contributed by atoms with van der Waals surface area (Å²) in [6.45, 7) is 5.19. The highest BCUT2D eigenvalue weighted by Crippen LogP contribution is 2.45. The first-order chi connectivity index (χ1) is 29.7. The highest BCUT2D eigenvalue weighted by atomic mass is 35.5. The zero-order valence-corrected chi connectivity index (χ0v) is 34.2. The average molecular weight is 842 g/mol. The van der Waals surface area contributed by atoms with Gasteiger partial charge in [-0.25, -0.2) is 23.7 Å². The topological polar surface area (TPSA) is 137 Å². The molecule has 0 saturated carbocycles. The minimum absolute atomic E-state index is 0.0482. The first-order valence-electron chi connectivity index (χ1n) is 19.8. The molecule has 4 heterocycles. The molecule has 9 rings (SSSR count). The van der Waals surface area contributed by atoms with Crippen molar-refractivity contribution in [3.05, 3.63) is 126 Å². The number of hydrogen-bond donors (Lipinski definition) is 1. The van der Waals surface area contributed by atoms with Crippen LogP contribution >= 0.6 is 11.6 Å². The van der Waals surface area contributed by atoms with Gasteiger partial charge in [0.1, 0.15) is 48.1 Å². The number of likely N-dealkylation sites (N-methyl/N-ethyl adjacent to an activating group) is 1. The number of carbonyl (C=O) groups is 1. The SMILES string of the molecule is COc1ccccc1-c1nccc(COc2ccccc2C[C@@H](Oc2ncnn3cc4c5ccc(F)cc5c5c(Cl)c(OCCN6CCN(C)CC6)ccc5c4c23)C(=O)O)n1. The molecule has 310 valence electrons. The molecule has 3 aromatic heterocycles. The van der Waals surface area contributed by atoms with E-state index < -0.39 is 17.9 Å². The van der Waals surface area contributed by atoms with Crippen molar-refractivity contribution in [1.82, 2.24) is 34.4 Å². The van der Waals surface area contributed by atoms with Gasteiger partial charge in [-0.1, -0.05) is 48.0 Å². The van der Waals surface area contributed by atoms with Crippen LogP contribution < -0.4 is 18.9 Å². The Balaban J connectivity index is 1.03. The van der Waals surface area contributed by atoms with Gasteiger partial charge in [0.2, 0.25) is 12.0 Å². The molecule has 1 N–H and O–H groups in total. The van der Waals surface area contributed by atoms with Crippen LogP contribution in [0.25, 0.3) is 49.2 Å². The normalized spacial score (nSPS) is 14.2. The van der Waals surface area contributed by atoms with Crippen molar-refractivity contribution in [3.63, 3.8) is 0 Å². The fourth-order valence-corrected chi connectivity index (χ4v) is 8.24. The van der Waals surface area contributed by atoms with Crippen LogP contribution in [0.3, 0.4) is 0 Å². The lowest BCUT2D eigenvalue weighted by atomic mass is 9.95. The Kier molecular flexibility index (Phi) is 11.2. The van der Waals surface area contributed by atoms with E-state index in [1.807, 2.05) is 48.5 Å². The van der Waals surface area contributed by atoms with E-state index in [9.17, 15) is 14.3 Å². The van der Waals surface area contributed by atoms with E-state index in [4.69, 9.17) is 30.5 Å². The molecule has 1 aliphatic heterocycles. The number of rotatable bonds is 14. The number of carboxylic acid groups (broad SMARTS) is 1. The number of para-hydroxylation sites is 2. The Morgan fingerprint density at radius 2 is 1.66 bits per heavy atom. The number of ether oxygens (including phenoxy) is 4. The van der Waals surface area contributed by atoms with Crippen molar-refractivity contribution >= 4 is 55.4 Å². The van der Waals surface area contributed by atoms with E-state index in [0.29, 0.717) is 73.0 Å². The molecular weight excluding hydrogens is 801 g/mol. The fourth-order valence-electron chi connectivity index (χ4n) is 7.92. The molecule has 1 fully saturated rings. The van der Waals surface area contributed by atoms with E-state index in [1.165, 1.54) is 18.5 Å². The summed E-state index contributed by atoms with van der Waals surface area (Å²) >= 11 is 7.18. The standard InChI is InChI=1S/C46H41ClFN7O6/c1-53-17-19-54(20-18-53)21-22-59-38-14-13-33-40(42(38)47)34-24-29(48)11-12-31(34)35-25-55-43(41(33)35)45(50-27-51-55)61-39(46(56)57)23-28-7-3-5-9-36(28)60-26-30-15-16-49-44(52-30)32-8-4-6-10-37(32)58-2/h3-16,24-25,27,39H,17-23,26H2,1-2H3,(H,56,57)/t39-/m1/s1. The van der Waals surface area contributed by atoms with E-state index in [1.54, 1.807) is 48.3 Å².